The second-order valence-corrected chi connectivity index (χ2v) is 8.45. The van der Waals surface area contributed by atoms with E-state index in [2.05, 4.69) is 6.92 Å². The predicted molar refractivity (Wildman–Crippen MR) is 135 cm³/mol. The number of aryl methyl sites for hydroxylation is 1. The van der Waals surface area contributed by atoms with Crippen LogP contribution in [-0.4, -0.2) is 40.6 Å². The first kappa shape index (κ1) is 24.0. The molecule has 1 amide bonds. The number of imidazole rings is 1. The summed E-state index contributed by atoms with van der Waals surface area (Å²) in [7, 11) is 3.25. The number of carbonyl (C=O) groups excluding carboxylic acids is 2. The van der Waals surface area contributed by atoms with E-state index in [1.54, 1.807) is 32.3 Å². The molecule has 0 spiro atoms. The van der Waals surface area contributed by atoms with Gasteiger partial charge >= 0.3 is 12.1 Å². The Hall–Kier alpha value is -4.13. The SMILES string of the molecule is CCCCc1nc2ccc(OC(=O)N(C)C)cc2n1COC(=O)c1ccccc1-c1ccccc1. The lowest BCUT2D eigenvalue weighted by Gasteiger charge is -2.13. The quantitative estimate of drug-likeness (QED) is 0.298. The van der Waals surface area contributed by atoms with E-state index in [0.29, 0.717) is 11.3 Å². The molecule has 0 bridgehead atoms. The predicted octanol–water partition coefficient (Wildman–Crippen LogP) is 5.92. The van der Waals surface area contributed by atoms with Crippen molar-refractivity contribution in [3.8, 4) is 16.9 Å². The molecule has 7 nitrogen and oxygen atoms in total. The topological polar surface area (TPSA) is 73.7 Å². The number of hydrogen-bond acceptors (Lipinski definition) is 5. The van der Waals surface area contributed by atoms with Gasteiger partial charge in [0.05, 0.1) is 16.6 Å². The van der Waals surface area contributed by atoms with Crippen LogP contribution in [-0.2, 0) is 17.9 Å². The third-order valence-electron chi connectivity index (χ3n) is 5.68. The minimum atomic E-state index is -0.467. The van der Waals surface area contributed by atoms with Gasteiger partial charge in [0.2, 0.25) is 0 Å². The first-order valence-electron chi connectivity index (χ1n) is 11.7. The third-order valence-corrected chi connectivity index (χ3v) is 5.68. The average Bonchev–Trinajstić information content (AvgIpc) is 3.23. The van der Waals surface area contributed by atoms with E-state index >= 15 is 0 Å². The van der Waals surface area contributed by atoms with Gasteiger partial charge in [0, 0.05) is 26.6 Å². The van der Waals surface area contributed by atoms with Crippen molar-refractivity contribution in [2.24, 2.45) is 0 Å². The van der Waals surface area contributed by atoms with E-state index in [1.165, 1.54) is 4.90 Å². The Bertz CT molecular complexity index is 1330. The van der Waals surface area contributed by atoms with Crippen LogP contribution in [0.4, 0.5) is 4.79 Å². The normalized spacial score (nSPS) is 10.8. The molecule has 0 fully saturated rings. The van der Waals surface area contributed by atoms with E-state index in [1.807, 2.05) is 59.2 Å². The minimum absolute atomic E-state index is 0.00256. The summed E-state index contributed by atoms with van der Waals surface area (Å²) in [6.45, 7) is 2.12. The first-order valence-corrected chi connectivity index (χ1v) is 11.7. The van der Waals surface area contributed by atoms with Gasteiger partial charge in [-0.3, -0.25) is 4.57 Å². The van der Waals surface area contributed by atoms with Gasteiger partial charge < -0.3 is 14.4 Å². The van der Waals surface area contributed by atoms with E-state index < -0.39 is 12.1 Å². The highest BCUT2D eigenvalue weighted by Crippen LogP contribution is 2.26. The molecule has 7 heteroatoms. The highest BCUT2D eigenvalue weighted by Gasteiger charge is 2.17. The Morgan fingerprint density at radius 2 is 1.71 bits per heavy atom. The number of hydrogen-bond donors (Lipinski definition) is 0. The fourth-order valence-corrected chi connectivity index (χ4v) is 3.81. The third kappa shape index (κ3) is 5.51. The Morgan fingerprint density at radius 1 is 0.971 bits per heavy atom. The van der Waals surface area contributed by atoms with Gasteiger partial charge in [-0.05, 0) is 35.7 Å². The van der Waals surface area contributed by atoms with Crippen LogP contribution in [0.5, 0.6) is 5.75 Å². The molecule has 35 heavy (non-hydrogen) atoms. The number of ether oxygens (including phenoxy) is 2. The van der Waals surface area contributed by atoms with Gasteiger partial charge in [-0.1, -0.05) is 61.9 Å². The highest BCUT2D eigenvalue weighted by atomic mass is 16.6. The number of unbranched alkanes of at least 4 members (excludes halogenated alkanes) is 1. The van der Waals surface area contributed by atoms with E-state index in [4.69, 9.17) is 14.5 Å². The molecule has 0 atom stereocenters. The van der Waals surface area contributed by atoms with Crippen molar-refractivity contribution in [1.29, 1.82) is 0 Å². The molecule has 4 aromatic rings. The van der Waals surface area contributed by atoms with E-state index in [-0.39, 0.29) is 6.73 Å². The highest BCUT2D eigenvalue weighted by molar-refractivity contribution is 5.97. The molecule has 4 rings (SSSR count). The molecule has 1 aromatic heterocycles. The number of rotatable bonds is 8. The fraction of sp³-hybridized carbons (Fsp3) is 0.250. The standard InChI is InChI=1S/C28H29N3O4/c1-4-5-15-26-29-24-17-16-21(35-28(33)30(2)3)18-25(24)31(26)19-34-27(32)23-14-10-9-13-22(23)20-11-7-6-8-12-20/h6-14,16-18H,4-5,15,19H2,1-3H3. The van der Waals surface area contributed by atoms with Crippen LogP contribution in [0.2, 0.25) is 0 Å². The number of nitrogens with zero attached hydrogens (tertiary/aromatic N) is 3. The molecule has 180 valence electrons. The maximum Gasteiger partial charge on any atom is 0.414 e. The van der Waals surface area contributed by atoms with Crippen molar-refractivity contribution >= 4 is 23.1 Å². The Kier molecular flexibility index (Phi) is 7.45. The molecular formula is C28H29N3O4. The van der Waals surface area contributed by atoms with Crippen molar-refractivity contribution in [2.45, 2.75) is 32.9 Å². The molecule has 3 aromatic carbocycles. The Labute approximate surface area is 204 Å². The lowest BCUT2D eigenvalue weighted by molar-refractivity contribution is 0.0375. The van der Waals surface area contributed by atoms with Gasteiger partial charge in [0.15, 0.2) is 6.73 Å². The second-order valence-electron chi connectivity index (χ2n) is 8.45. The van der Waals surface area contributed by atoms with Crippen LogP contribution in [0.25, 0.3) is 22.2 Å². The molecule has 0 unspecified atom stereocenters. The summed E-state index contributed by atoms with van der Waals surface area (Å²) in [5.41, 5.74) is 3.76. The fourth-order valence-electron chi connectivity index (χ4n) is 3.81. The van der Waals surface area contributed by atoms with Crippen molar-refractivity contribution in [1.82, 2.24) is 14.5 Å². The number of benzene rings is 3. The van der Waals surface area contributed by atoms with E-state index in [9.17, 15) is 9.59 Å². The molecule has 0 saturated heterocycles. The van der Waals surface area contributed by atoms with Gasteiger partial charge in [0.1, 0.15) is 11.6 Å². The monoisotopic (exact) mass is 471 g/mol. The van der Waals surface area contributed by atoms with Crippen molar-refractivity contribution < 1.29 is 19.1 Å². The van der Waals surface area contributed by atoms with E-state index in [0.717, 1.165) is 47.2 Å². The lowest BCUT2D eigenvalue weighted by Crippen LogP contribution is -2.25. The number of aromatic nitrogens is 2. The minimum Gasteiger partial charge on any atom is -0.440 e. The average molecular weight is 472 g/mol. The molecule has 0 aliphatic rings. The smallest absolute Gasteiger partial charge is 0.414 e. The zero-order valence-electron chi connectivity index (χ0n) is 20.2. The van der Waals surface area contributed by atoms with Gasteiger partial charge in [-0.2, -0.15) is 0 Å². The van der Waals surface area contributed by atoms with Crippen molar-refractivity contribution in [3.63, 3.8) is 0 Å². The number of carbonyl (C=O) groups is 2. The molecule has 0 radical (unpaired) electrons. The number of esters is 1. The van der Waals surface area contributed by atoms with Crippen molar-refractivity contribution in [3.05, 3.63) is 84.2 Å². The number of fused-ring (bicyclic) bond motifs is 1. The molecule has 0 saturated carbocycles. The molecule has 0 aliphatic carbocycles. The summed E-state index contributed by atoms with van der Waals surface area (Å²) in [6.07, 6.45) is 2.25. The summed E-state index contributed by atoms with van der Waals surface area (Å²) in [5.74, 6) is 0.810. The summed E-state index contributed by atoms with van der Waals surface area (Å²) in [6, 6.07) is 22.5. The van der Waals surface area contributed by atoms with Gasteiger partial charge in [-0.25, -0.2) is 14.6 Å². The molecule has 1 heterocycles. The number of amides is 1. The molecule has 0 N–H and O–H groups in total. The summed E-state index contributed by atoms with van der Waals surface area (Å²) in [5, 5.41) is 0. The zero-order valence-corrected chi connectivity index (χ0v) is 20.2. The lowest BCUT2D eigenvalue weighted by atomic mass is 10.00. The maximum absolute atomic E-state index is 13.2. The summed E-state index contributed by atoms with van der Waals surface area (Å²) in [4.78, 5) is 31.3. The largest absolute Gasteiger partial charge is 0.440 e. The van der Waals surface area contributed by atoms with Crippen LogP contribution < -0.4 is 4.74 Å². The van der Waals surface area contributed by atoms with Crippen molar-refractivity contribution in [2.75, 3.05) is 14.1 Å². The van der Waals surface area contributed by atoms with Crippen LogP contribution >= 0.6 is 0 Å². The summed E-state index contributed by atoms with van der Waals surface area (Å²) >= 11 is 0. The zero-order chi connectivity index (χ0) is 24.8. The van der Waals surface area contributed by atoms with Crippen LogP contribution in [0, 0.1) is 0 Å². The Balaban J connectivity index is 1.63. The summed E-state index contributed by atoms with van der Waals surface area (Å²) < 4.78 is 13.1. The Morgan fingerprint density at radius 3 is 2.46 bits per heavy atom. The maximum atomic E-state index is 13.2. The molecular weight excluding hydrogens is 442 g/mol. The van der Waals surface area contributed by atoms with Gasteiger partial charge in [-0.15, -0.1) is 0 Å². The first-order chi connectivity index (χ1) is 17.0. The van der Waals surface area contributed by atoms with Gasteiger partial charge in [0.25, 0.3) is 0 Å². The second kappa shape index (κ2) is 10.9. The van der Waals surface area contributed by atoms with Crippen LogP contribution in [0.1, 0.15) is 35.9 Å². The van der Waals surface area contributed by atoms with Crippen LogP contribution in [0.3, 0.4) is 0 Å². The molecule has 0 aliphatic heterocycles. The van der Waals surface area contributed by atoms with Crippen LogP contribution in [0.15, 0.2) is 72.8 Å².